The van der Waals surface area contributed by atoms with Gasteiger partial charge in [-0.05, 0) is 44.0 Å². The number of carbonyl (C=O) groups excluding carboxylic acids is 1. The second-order valence-electron chi connectivity index (χ2n) is 5.63. The molecule has 0 spiro atoms. The highest BCUT2D eigenvalue weighted by Gasteiger charge is 2.15. The molecule has 0 fully saturated rings. The van der Waals surface area contributed by atoms with Gasteiger partial charge in [0.1, 0.15) is 11.5 Å². The summed E-state index contributed by atoms with van der Waals surface area (Å²) in [4.78, 5) is 11.8. The van der Waals surface area contributed by atoms with Gasteiger partial charge in [-0.1, -0.05) is 24.3 Å². The van der Waals surface area contributed by atoms with Gasteiger partial charge in [0.2, 0.25) is 0 Å². The maximum atomic E-state index is 11.8. The number of nitrogens with zero attached hydrogens (tertiary/aromatic N) is 2. The first kappa shape index (κ1) is 16.7. The zero-order valence-corrected chi connectivity index (χ0v) is 14.3. The SMILES string of the molecule is Cc1cc(-c2nnc(COC(=O)/C=C/c3ccccc3C)o2)c(C)o1. The molecule has 3 aromatic rings. The predicted molar refractivity (Wildman–Crippen MR) is 91.5 cm³/mol. The Bertz CT molecular complexity index is 921. The molecule has 2 heterocycles. The van der Waals surface area contributed by atoms with Crippen LogP contribution in [-0.2, 0) is 16.1 Å². The molecular formula is C19H18N2O4. The Morgan fingerprint density at radius 3 is 2.68 bits per heavy atom. The fourth-order valence-electron chi connectivity index (χ4n) is 2.38. The van der Waals surface area contributed by atoms with Crippen LogP contribution in [0.4, 0.5) is 0 Å². The van der Waals surface area contributed by atoms with Crippen molar-refractivity contribution < 1.29 is 18.4 Å². The molecule has 0 saturated carbocycles. The monoisotopic (exact) mass is 338 g/mol. The lowest BCUT2D eigenvalue weighted by Crippen LogP contribution is -2.01. The number of benzene rings is 1. The summed E-state index contributed by atoms with van der Waals surface area (Å²) in [5.41, 5.74) is 2.78. The first-order chi connectivity index (χ1) is 12.0. The van der Waals surface area contributed by atoms with E-state index in [1.165, 1.54) is 6.08 Å². The van der Waals surface area contributed by atoms with E-state index in [0.717, 1.165) is 22.5 Å². The van der Waals surface area contributed by atoms with Gasteiger partial charge in [-0.3, -0.25) is 0 Å². The number of aryl methyl sites for hydroxylation is 3. The summed E-state index contributed by atoms with van der Waals surface area (Å²) < 4.78 is 16.1. The first-order valence-electron chi connectivity index (χ1n) is 7.83. The van der Waals surface area contributed by atoms with Crippen LogP contribution >= 0.6 is 0 Å². The summed E-state index contributed by atoms with van der Waals surface area (Å²) in [6.07, 6.45) is 3.09. The highest BCUT2D eigenvalue weighted by Crippen LogP contribution is 2.25. The van der Waals surface area contributed by atoms with Gasteiger partial charge >= 0.3 is 5.97 Å². The Balaban J connectivity index is 1.60. The number of ether oxygens (including phenoxy) is 1. The first-order valence-corrected chi connectivity index (χ1v) is 7.83. The Kier molecular flexibility index (Phi) is 4.79. The highest BCUT2D eigenvalue weighted by atomic mass is 16.5. The number of hydrogen-bond acceptors (Lipinski definition) is 6. The minimum absolute atomic E-state index is 0.0835. The van der Waals surface area contributed by atoms with Crippen LogP contribution in [0.15, 0.2) is 45.2 Å². The van der Waals surface area contributed by atoms with Gasteiger partial charge in [0.05, 0.1) is 5.56 Å². The molecule has 0 amide bonds. The smallest absolute Gasteiger partial charge is 0.331 e. The normalized spacial score (nSPS) is 11.2. The molecule has 0 atom stereocenters. The number of furan rings is 1. The van der Waals surface area contributed by atoms with Crippen molar-refractivity contribution in [1.82, 2.24) is 10.2 Å². The zero-order valence-electron chi connectivity index (χ0n) is 14.3. The van der Waals surface area contributed by atoms with Gasteiger partial charge in [0.25, 0.3) is 11.8 Å². The van der Waals surface area contributed by atoms with E-state index in [9.17, 15) is 4.79 Å². The van der Waals surface area contributed by atoms with Crippen LogP contribution in [0.2, 0.25) is 0 Å². The lowest BCUT2D eigenvalue weighted by molar-refractivity contribution is -0.139. The van der Waals surface area contributed by atoms with Gasteiger partial charge in [-0.15, -0.1) is 10.2 Å². The Hall–Kier alpha value is -3.15. The van der Waals surface area contributed by atoms with Gasteiger partial charge in [-0.25, -0.2) is 4.79 Å². The highest BCUT2D eigenvalue weighted by molar-refractivity contribution is 5.87. The Morgan fingerprint density at radius 1 is 1.16 bits per heavy atom. The van der Waals surface area contributed by atoms with Crippen LogP contribution in [0, 0.1) is 20.8 Å². The number of esters is 1. The molecule has 1 aromatic carbocycles. The van der Waals surface area contributed by atoms with Crippen LogP contribution < -0.4 is 0 Å². The Morgan fingerprint density at radius 2 is 1.96 bits per heavy atom. The van der Waals surface area contributed by atoms with E-state index in [-0.39, 0.29) is 12.5 Å². The molecule has 0 unspecified atom stereocenters. The van der Waals surface area contributed by atoms with Gasteiger partial charge in [0.15, 0.2) is 6.61 Å². The van der Waals surface area contributed by atoms with Crippen molar-refractivity contribution >= 4 is 12.0 Å². The molecule has 2 aromatic heterocycles. The molecule has 0 radical (unpaired) electrons. The summed E-state index contributed by atoms with van der Waals surface area (Å²) in [6, 6.07) is 9.59. The van der Waals surface area contributed by atoms with E-state index in [4.69, 9.17) is 13.6 Å². The van der Waals surface area contributed by atoms with E-state index in [1.807, 2.05) is 51.1 Å². The lowest BCUT2D eigenvalue weighted by atomic mass is 10.1. The molecular weight excluding hydrogens is 320 g/mol. The largest absolute Gasteiger partial charge is 0.466 e. The second kappa shape index (κ2) is 7.17. The number of hydrogen-bond donors (Lipinski definition) is 0. The summed E-state index contributed by atoms with van der Waals surface area (Å²) in [7, 11) is 0. The molecule has 6 heteroatoms. The van der Waals surface area contributed by atoms with E-state index in [0.29, 0.717) is 11.7 Å². The maximum absolute atomic E-state index is 11.8. The van der Waals surface area contributed by atoms with Crippen molar-refractivity contribution in [3.63, 3.8) is 0 Å². The summed E-state index contributed by atoms with van der Waals surface area (Å²) in [6.45, 7) is 5.56. The quantitative estimate of drug-likeness (QED) is 0.516. The van der Waals surface area contributed by atoms with E-state index >= 15 is 0 Å². The number of rotatable bonds is 5. The average molecular weight is 338 g/mol. The standard InChI is InChI=1S/C19H18N2O4/c1-12-6-4-5-7-15(12)8-9-18(22)23-11-17-20-21-19(25-17)16-10-13(2)24-14(16)3/h4-10H,11H2,1-3H3/b9-8+. The lowest BCUT2D eigenvalue weighted by Gasteiger charge is -1.99. The molecule has 25 heavy (non-hydrogen) atoms. The molecule has 3 rings (SSSR count). The Labute approximate surface area is 145 Å². The van der Waals surface area contributed by atoms with Gasteiger partial charge < -0.3 is 13.6 Å². The van der Waals surface area contributed by atoms with Gasteiger partial charge in [-0.2, -0.15) is 0 Å². The minimum atomic E-state index is -0.474. The fourth-order valence-corrected chi connectivity index (χ4v) is 2.38. The minimum Gasteiger partial charge on any atom is -0.466 e. The van der Waals surface area contributed by atoms with Gasteiger partial charge in [0, 0.05) is 6.08 Å². The van der Waals surface area contributed by atoms with Crippen LogP contribution in [0.25, 0.3) is 17.5 Å². The number of carbonyl (C=O) groups is 1. The average Bonchev–Trinajstić information content (AvgIpc) is 3.18. The summed E-state index contributed by atoms with van der Waals surface area (Å²) in [5.74, 6) is 1.56. The number of aromatic nitrogens is 2. The van der Waals surface area contributed by atoms with Crippen LogP contribution in [0.5, 0.6) is 0 Å². The zero-order chi connectivity index (χ0) is 17.8. The van der Waals surface area contributed by atoms with Crippen molar-refractivity contribution in [3.8, 4) is 11.5 Å². The molecule has 0 saturated heterocycles. The molecule has 0 aliphatic rings. The van der Waals surface area contributed by atoms with Crippen LogP contribution in [0.3, 0.4) is 0 Å². The van der Waals surface area contributed by atoms with Crippen molar-refractivity contribution in [2.75, 3.05) is 0 Å². The molecule has 0 N–H and O–H groups in total. The topological polar surface area (TPSA) is 78.4 Å². The third-order valence-corrected chi connectivity index (χ3v) is 3.66. The third kappa shape index (κ3) is 4.03. The van der Waals surface area contributed by atoms with Crippen LogP contribution in [0.1, 0.15) is 28.5 Å². The second-order valence-corrected chi connectivity index (χ2v) is 5.63. The summed E-state index contributed by atoms with van der Waals surface area (Å²) >= 11 is 0. The molecule has 6 nitrogen and oxygen atoms in total. The van der Waals surface area contributed by atoms with Crippen LogP contribution in [-0.4, -0.2) is 16.2 Å². The molecule has 0 bridgehead atoms. The van der Waals surface area contributed by atoms with E-state index < -0.39 is 5.97 Å². The molecule has 0 aliphatic heterocycles. The maximum Gasteiger partial charge on any atom is 0.331 e. The van der Waals surface area contributed by atoms with E-state index in [1.54, 1.807) is 6.08 Å². The van der Waals surface area contributed by atoms with Crippen molar-refractivity contribution in [2.24, 2.45) is 0 Å². The van der Waals surface area contributed by atoms with E-state index in [2.05, 4.69) is 10.2 Å². The van der Waals surface area contributed by atoms with Crippen molar-refractivity contribution in [2.45, 2.75) is 27.4 Å². The predicted octanol–water partition coefficient (Wildman–Crippen LogP) is 4.01. The third-order valence-electron chi connectivity index (χ3n) is 3.66. The molecule has 0 aliphatic carbocycles. The molecule has 128 valence electrons. The van der Waals surface area contributed by atoms with Crippen molar-refractivity contribution in [3.05, 3.63) is 64.9 Å². The fraction of sp³-hybridized carbons (Fsp3) is 0.211. The van der Waals surface area contributed by atoms with Crippen molar-refractivity contribution in [1.29, 1.82) is 0 Å². The summed E-state index contributed by atoms with van der Waals surface area (Å²) in [5, 5.41) is 7.85.